The topological polar surface area (TPSA) is 85.8 Å². The third kappa shape index (κ3) is 6.98. The van der Waals surface area contributed by atoms with E-state index in [2.05, 4.69) is 20.3 Å². The molecule has 164 valence electrons. The number of aliphatic imine (C=N–C) groups is 1. The fraction of sp³-hybridized carbons (Fsp3) is 0.476. The summed E-state index contributed by atoms with van der Waals surface area (Å²) < 4.78 is 5.69. The number of carbonyl (C=O) groups excluding carboxylic acids is 1. The molecule has 0 bridgehead atoms. The lowest BCUT2D eigenvalue weighted by Gasteiger charge is -2.23. The number of ether oxygens (including phenoxy) is 1. The van der Waals surface area contributed by atoms with Gasteiger partial charge < -0.3 is 24.8 Å². The number of hydrogen-bond acceptors (Lipinski definition) is 4. The molecule has 8 nitrogen and oxygen atoms in total. The molecule has 9 heteroatoms. The van der Waals surface area contributed by atoms with Gasteiger partial charge >= 0.3 is 0 Å². The fourth-order valence-electron chi connectivity index (χ4n) is 3.11. The molecule has 2 aromatic rings. The van der Waals surface area contributed by atoms with Crippen LogP contribution in [-0.2, 0) is 16.1 Å². The van der Waals surface area contributed by atoms with E-state index in [0.29, 0.717) is 19.0 Å². The van der Waals surface area contributed by atoms with Gasteiger partial charge in [-0.2, -0.15) is 0 Å². The van der Waals surface area contributed by atoms with Crippen molar-refractivity contribution < 1.29 is 9.53 Å². The average molecular weight is 526 g/mol. The van der Waals surface area contributed by atoms with Gasteiger partial charge in [0.1, 0.15) is 12.4 Å². The Labute approximate surface area is 195 Å². The van der Waals surface area contributed by atoms with Crippen LogP contribution in [0.15, 0.2) is 41.5 Å². The van der Waals surface area contributed by atoms with Crippen molar-refractivity contribution in [3.63, 3.8) is 0 Å². The van der Waals surface area contributed by atoms with Crippen molar-refractivity contribution in [2.75, 3.05) is 40.8 Å². The second kappa shape index (κ2) is 11.9. The van der Waals surface area contributed by atoms with Gasteiger partial charge in [0.05, 0.1) is 24.5 Å². The molecule has 1 fully saturated rings. The van der Waals surface area contributed by atoms with E-state index in [0.717, 1.165) is 36.5 Å². The maximum Gasteiger partial charge on any atom is 0.243 e. The Morgan fingerprint density at radius 1 is 1.30 bits per heavy atom. The minimum Gasteiger partial charge on any atom is -0.376 e. The molecule has 1 aromatic heterocycles. The van der Waals surface area contributed by atoms with Crippen LogP contribution in [-0.4, -0.2) is 78.6 Å². The molecule has 1 aliphatic rings. The zero-order valence-corrected chi connectivity index (χ0v) is 20.1. The molecule has 2 heterocycles. The van der Waals surface area contributed by atoms with Crippen LogP contribution in [0.5, 0.6) is 0 Å². The predicted molar refractivity (Wildman–Crippen MR) is 129 cm³/mol. The maximum absolute atomic E-state index is 12.0. The van der Waals surface area contributed by atoms with Crippen LogP contribution in [0.1, 0.15) is 18.7 Å². The summed E-state index contributed by atoms with van der Waals surface area (Å²) >= 11 is 0. The van der Waals surface area contributed by atoms with Crippen LogP contribution in [0.4, 0.5) is 0 Å². The molecule has 1 unspecified atom stereocenters. The van der Waals surface area contributed by atoms with E-state index in [1.165, 1.54) is 0 Å². The van der Waals surface area contributed by atoms with Crippen LogP contribution in [0.2, 0.25) is 0 Å². The first kappa shape index (κ1) is 24.1. The first-order chi connectivity index (χ1) is 14.0. The molecule has 1 atom stereocenters. The van der Waals surface area contributed by atoms with Crippen molar-refractivity contribution in [2.45, 2.75) is 25.5 Å². The van der Waals surface area contributed by atoms with E-state index < -0.39 is 0 Å². The number of nitrogens with zero attached hydrogens (tertiary/aromatic N) is 4. The van der Waals surface area contributed by atoms with Crippen molar-refractivity contribution in [1.29, 1.82) is 0 Å². The quantitative estimate of drug-likeness (QED) is 0.329. The number of imidazole rings is 1. The minimum absolute atomic E-state index is 0. The molecular weight excluding hydrogens is 495 g/mol. The first-order valence-electron chi connectivity index (χ1n) is 9.93. The van der Waals surface area contributed by atoms with Gasteiger partial charge in [0.2, 0.25) is 5.91 Å². The number of H-pyrrole nitrogens is 1. The molecule has 0 radical (unpaired) electrons. The standard InChI is InChI=1S/C21H30N6O2.HI/c1-26(2)20(28)14-24-21(23-12-17-10-7-11-29-17)27(3)15-19-22-13-18(25-19)16-8-5-4-6-9-16;/h4-6,8-9,13,17H,7,10-12,14-15H2,1-3H3,(H,22,25)(H,23,24);1H. The second-order valence-electron chi connectivity index (χ2n) is 7.41. The molecule has 0 saturated carbocycles. The largest absolute Gasteiger partial charge is 0.376 e. The lowest BCUT2D eigenvalue weighted by Crippen LogP contribution is -2.42. The molecule has 0 aliphatic carbocycles. The highest BCUT2D eigenvalue weighted by Gasteiger charge is 2.18. The average Bonchev–Trinajstić information content (AvgIpc) is 3.40. The number of halogens is 1. The van der Waals surface area contributed by atoms with E-state index in [4.69, 9.17) is 4.74 Å². The van der Waals surface area contributed by atoms with E-state index in [-0.39, 0.29) is 42.5 Å². The van der Waals surface area contributed by atoms with E-state index in [1.807, 2.05) is 48.5 Å². The third-order valence-corrected chi connectivity index (χ3v) is 4.84. The monoisotopic (exact) mass is 526 g/mol. The van der Waals surface area contributed by atoms with Gasteiger partial charge in [0.15, 0.2) is 5.96 Å². The molecule has 3 rings (SSSR count). The highest BCUT2D eigenvalue weighted by Crippen LogP contribution is 2.16. The van der Waals surface area contributed by atoms with Gasteiger partial charge in [-0.25, -0.2) is 9.98 Å². The number of nitrogens with one attached hydrogen (secondary N) is 2. The predicted octanol–water partition coefficient (Wildman–Crippen LogP) is 2.34. The minimum atomic E-state index is -0.0424. The summed E-state index contributed by atoms with van der Waals surface area (Å²) in [5, 5.41) is 3.35. The zero-order valence-electron chi connectivity index (χ0n) is 17.8. The third-order valence-electron chi connectivity index (χ3n) is 4.84. The van der Waals surface area contributed by atoms with Crippen LogP contribution in [0.25, 0.3) is 11.3 Å². The van der Waals surface area contributed by atoms with E-state index in [1.54, 1.807) is 19.0 Å². The van der Waals surface area contributed by atoms with Crippen molar-refractivity contribution in [1.82, 2.24) is 25.1 Å². The summed E-state index contributed by atoms with van der Waals surface area (Å²) in [4.78, 5) is 27.8. The van der Waals surface area contributed by atoms with Gasteiger partial charge in [-0.1, -0.05) is 30.3 Å². The number of guanidine groups is 1. The number of likely N-dealkylation sites (N-methyl/N-ethyl adjacent to an activating group) is 1. The molecule has 1 saturated heterocycles. The van der Waals surface area contributed by atoms with Crippen LogP contribution < -0.4 is 5.32 Å². The van der Waals surface area contributed by atoms with Crippen LogP contribution in [0.3, 0.4) is 0 Å². The Balaban J connectivity index is 0.00000320. The zero-order chi connectivity index (χ0) is 20.6. The summed E-state index contributed by atoms with van der Waals surface area (Å²) in [6.45, 7) is 2.12. The van der Waals surface area contributed by atoms with Crippen molar-refractivity contribution in [3.8, 4) is 11.3 Å². The molecule has 1 aliphatic heterocycles. The summed E-state index contributed by atoms with van der Waals surface area (Å²) in [5.74, 6) is 1.45. The number of carbonyl (C=O) groups is 1. The highest BCUT2D eigenvalue weighted by atomic mass is 127. The summed E-state index contributed by atoms with van der Waals surface area (Å²) in [6, 6.07) is 10.1. The van der Waals surface area contributed by atoms with Gasteiger partial charge in [0, 0.05) is 34.3 Å². The smallest absolute Gasteiger partial charge is 0.243 e. The molecule has 1 amide bonds. The summed E-state index contributed by atoms with van der Waals surface area (Å²) in [5.41, 5.74) is 2.07. The van der Waals surface area contributed by atoms with Gasteiger partial charge in [-0.15, -0.1) is 24.0 Å². The number of aromatic nitrogens is 2. The normalized spacial score (nSPS) is 16.1. The summed E-state index contributed by atoms with van der Waals surface area (Å²) in [6.07, 6.45) is 4.15. The molecule has 30 heavy (non-hydrogen) atoms. The number of hydrogen-bond donors (Lipinski definition) is 2. The second-order valence-corrected chi connectivity index (χ2v) is 7.41. The number of amides is 1. The van der Waals surface area contributed by atoms with Gasteiger partial charge in [-0.05, 0) is 18.4 Å². The van der Waals surface area contributed by atoms with E-state index >= 15 is 0 Å². The van der Waals surface area contributed by atoms with Crippen molar-refractivity contribution >= 4 is 35.8 Å². The Bertz CT molecular complexity index is 818. The van der Waals surface area contributed by atoms with Crippen LogP contribution >= 0.6 is 24.0 Å². The lowest BCUT2D eigenvalue weighted by atomic mass is 10.2. The Hall–Kier alpha value is -2.14. The van der Waals surface area contributed by atoms with E-state index in [9.17, 15) is 4.79 Å². The molecule has 1 aromatic carbocycles. The molecule has 0 spiro atoms. The summed E-state index contributed by atoms with van der Waals surface area (Å²) in [7, 11) is 5.40. The Morgan fingerprint density at radius 2 is 2.07 bits per heavy atom. The van der Waals surface area contributed by atoms with Gasteiger partial charge in [-0.3, -0.25) is 4.79 Å². The molecule has 2 N–H and O–H groups in total. The number of rotatable bonds is 7. The maximum atomic E-state index is 12.0. The fourth-order valence-corrected chi connectivity index (χ4v) is 3.11. The van der Waals surface area contributed by atoms with Gasteiger partial charge in [0.25, 0.3) is 0 Å². The number of benzene rings is 1. The molecular formula is C21H31IN6O2. The SMILES string of the molecule is CN(C)C(=O)CN=C(NCC1CCCO1)N(C)Cc1ncc(-c2ccccc2)[nH]1.I. The lowest BCUT2D eigenvalue weighted by molar-refractivity contribution is -0.127. The van der Waals surface area contributed by atoms with Crippen molar-refractivity contribution in [3.05, 3.63) is 42.4 Å². The highest BCUT2D eigenvalue weighted by molar-refractivity contribution is 14.0. The van der Waals surface area contributed by atoms with Crippen molar-refractivity contribution in [2.24, 2.45) is 4.99 Å². The Morgan fingerprint density at radius 3 is 2.73 bits per heavy atom. The Kier molecular flexibility index (Phi) is 9.57. The first-order valence-corrected chi connectivity index (χ1v) is 9.93. The van der Waals surface area contributed by atoms with Crippen LogP contribution in [0, 0.1) is 0 Å². The number of aromatic amines is 1.